The Bertz CT molecular complexity index is 911. The van der Waals surface area contributed by atoms with E-state index in [9.17, 15) is 10.1 Å². The summed E-state index contributed by atoms with van der Waals surface area (Å²) in [4.78, 5) is 13.7. The number of nitro groups is 1. The molecule has 6 nitrogen and oxygen atoms in total. The van der Waals surface area contributed by atoms with Crippen LogP contribution in [0.15, 0.2) is 54.9 Å². The molecule has 3 rings (SSSR count). The number of benzene rings is 2. The molecular weight excluding hydrogens is 306 g/mol. The monoisotopic (exact) mass is 323 g/mol. The van der Waals surface area contributed by atoms with Gasteiger partial charge in [0.2, 0.25) is 0 Å². The lowest BCUT2D eigenvalue weighted by atomic mass is 10.1. The van der Waals surface area contributed by atoms with E-state index >= 15 is 0 Å². The normalized spacial score (nSPS) is 11.5. The second kappa shape index (κ2) is 6.45. The van der Waals surface area contributed by atoms with Crippen molar-refractivity contribution in [1.29, 1.82) is 0 Å². The summed E-state index contributed by atoms with van der Waals surface area (Å²) in [5.41, 5.74) is 3.78. The number of aromatic nitrogens is 1. The summed E-state index contributed by atoms with van der Waals surface area (Å²) in [6.45, 7) is 1.96. The van der Waals surface area contributed by atoms with Crippen molar-refractivity contribution in [3.05, 3.63) is 70.5 Å². The number of allylic oxidation sites excluding steroid dienone is 1. The van der Waals surface area contributed by atoms with Crippen molar-refractivity contribution in [3.8, 4) is 5.75 Å². The first-order valence-electron chi connectivity index (χ1n) is 7.42. The van der Waals surface area contributed by atoms with Crippen LogP contribution in [0.3, 0.4) is 0 Å². The van der Waals surface area contributed by atoms with E-state index < -0.39 is 0 Å². The molecule has 0 unspecified atom stereocenters. The third-order valence-corrected chi connectivity index (χ3v) is 3.85. The van der Waals surface area contributed by atoms with Crippen molar-refractivity contribution in [2.45, 2.75) is 6.92 Å². The van der Waals surface area contributed by atoms with E-state index in [1.807, 2.05) is 43.6 Å². The molecule has 0 spiro atoms. The van der Waals surface area contributed by atoms with E-state index in [-0.39, 0.29) is 10.6 Å². The van der Waals surface area contributed by atoms with Crippen molar-refractivity contribution in [1.82, 2.24) is 4.98 Å². The summed E-state index contributed by atoms with van der Waals surface area (Å²) in [5, 5.41) is 15.0. The number of anilines is 1. The minimum Gasteiger partial charge on any atom is -0.497 e. The highest BCUT2D eigenvalue weighted by molar-refractivity contribution is 5.93. The molecule has 122 valence electrons. The smallest absolute Gasteiger partial charge is 0.270 e. The van der Waals surface area contributed by atoms with Crippen LogP contribution >= 0.6 is 0 Å². The zero-order chi connectivity index (χ0) is 17.1. The van der Waals surface area contributed by atoms with Crippen LogP contribution in [0.25, 0.3) is 16.5 Å². The van der Waals surface area contributed by atoms with Gasteiger partial charge in [0.05, 0.1) is 12.0 Å². The van der Waals surface area contributed by atoms with Gasteiger partial charge in [0.1, 0.15) is 5.75 Å². The molecule has 1 heterocycles. The van der Waals surface area contributed by atoms with Gasteiger partial charge in [0.25, 0.3) is 5.69 Å². The van der Waals surface area contributed by atoms with Gasteiger partial charge in [-0.05, 0) is 42.8 Å². The molecule has 0 aliphatic heterocycles. The molecule has 0 aliphatic carbocycles. The molecule has 6 heteroatoms. The molecule has 3 aromatic rings. The van der Waals surface area contributed by atoms with Gasteiger partial charge in [0.15, 0.2) is 0 Å². The lowest BCUT2D eigenvalue weighted by molar-refractivity contribution is -0.384. The lowest BCUT2D eigenvalue weighted by Crippen LogP contribution is -1.91. The lowest BCUT2D eigenvalue weighted by Gasteiger charge is -2.05. The summed E-state index contributed by atoms with van der Waals surface area (Å²) in [5.74, 6) is 0.796. The number of nitrogens with zero attached hydrogens (tertiary/aromatic N) is 1. The van der Waals surface area contributed by atoms with E-state index in [1.54, 1.807) is 19.2 Å². The number of aromatic amines is 1. The average Bonchev–Trinajstić information content (AvgIpc) is 3.03. The largest absolute Gasteiger partial charge is 0.497 e. The van der Waals surface area contributed by atoms with Gasteiger partial charge in [-0.25, -0.2) is 0 Å². The first-order valence-corrected chi connectivity index (χ1v) is 7.42. The number of nitrogens with one attached hydrogen (secondary N) is 2. The maximum Gasteiger partial charge on any atom is 0.270 e. The molecule has 0 aliphatic rings. The van der Waals surface area contributed by atoms with Gasteiger partial charge in [-0.1, -0.05) is 0 Å². The van der Waals surface area contributed by atoms with Crippen LogP contribution in [0.5, 0.6) is 5.75 Å². The molecular formula is C18H17N3O3. The number of methoxy groups -OCH3 is 1. The number of hydrogen-bond acceptors (Lipinski definition) is 4. The first kappa shape index (κ1) is 15.6. The fourth-order valence-electron chi connectivity index (χ4n) is 2.51. The highest BCUT2D eigenvalue weighted by Crippen LogP contribution is 2.28. The third-order valence-electron chi connectivity index (χ3n) is 3.85. The maximum atomic E-state index is 11.0. The molecule has 2 N–H and O–H groups in total. The van der Waals surface area contributed by atoms with E-state index in [4.69, 9.17) is 4.74 Å². The minimum absolute atomic E-state index is 0.0827. The quantitative estimate of drug-likeness (QED) is 0.533. The zero-order valence-electron chi connectivity index (χ0n) is 13.4. The number of non-ortho nitro benzene ring substituents is 1. The van der Waals surface area contributed by atoms with Gasteiger partial charge in [-0.3, -0.25) is 10.1 Å². The van der Waals surface area contributed by atoms with Gasteiger partial charge in [-0.2, -0.15) is 0 Å². The van der Waals surface area contributed by atoms with Gasteiger partial charge >= 0.3 is 0 Å². The number of rotatable bonds is 5. The molecule has 24 heavy (non-hydrogen) atoms. The molecule has 0 saturated carbocycles. The first-order chi connectivity index (χ1) is 11.6. The van der Waals surface area contributed by atoms with Crippen LogP contribution in [-0.4, -0.2) is 17.0 Å². The molecule has 0 bridgehead atoms. The van der Waals surface area contributed by atoms with E-state index in [0.717, 1.165) is 33.5 Å². The Morgan fingerprint density at radius 1 is 1.25 bits per heavy atom. The van der Waals surface area contributed by atoms with E-state index in [0.29, 0.717) is 0 Å². The second-order valence-electron chi connectivity index (χ2n) is 5.39. The molecule has 0 atom stereocenters. The Morgan fingerprint density at radius 3 is 2.67 bits per heavy atom. The summed E-state index contributed by atoms with van der Waals surface area (Å²) in [7, 11) is 1.63. The maximum absolute atomic E-state index is 11.0. The molecule has 0 radical (unpaired) electrons. The second-order valence-corrected chi connectivity index (χ2v) is 5.39. The highest BCUT2D eigenvalue weighted by Gasteiger charge is 2.11. The Hall–Kier alpha value is -3.28. The van der Waals surface area contributed by atoms with Crippen molar-refractivity contribution in [2.75, 3.05) is 12.4 Å². The SMILES string of the molecule is COc1ccc(N/C=C(\C)c2c[nH]c3ccc([N+](=O)[O-])cc23)cc1. The zero-order valence-corrected chi connectivity index (χ0v) is 13.4. The fourth-order valence-corrected chi connectivity index (χ4v) is 2.51. The van der Waals surface area contributed by atoms with Gasteiger partial charge < -0.3 is 15.0 Å². The topological polar surface area (TPSA) is 80.2 Å². The Morgan fingerprint density at radius 2 is 2.00 bits per heavy atom. The molecule has 0 amide bonds. The standard InChI is InChI=1S/C18H17N3O3/c1-12(10-19-13-3-6-15(24-2)7-4-13)17-11-20-18-8-5-14(21(22)23)9-16(17)18/h3-11,19-20H,1-2H3/b12-10+. The summed E-state index contributed by atoms with van der Waals surface area (Å²) in [6, 6.07) is 12.4. The van der Waals surface area contributed by atoms with Crippen molar-refractivity contribution in [2.24, 2.45) is 0 Å². The number of hydrogen-bond donors (Lipinski definition) is 2. The molecule has 1 aromatic heterocycles. The molecule has 0 fully saturated rings. The predicted octanol–water partition coefficient (Wildman–Crippen LogP) is 4.56. The highest BCUT2D eigenvalue weighted by atomic mass is 16.6. The van der Waals surface area contributed by atoms with E-state index in [1.165, 1.54) is 6.07 Å². The molecule has 2 aromatic carbocycles. The number of ether oxygens (including phenoxy) is 1. The number of H-pyrrole nitrogens is 1. The van der Waals surface area contributed by atoms with E-state index in [2.05, 4.69) is 10.3 Å². The van der Waals surface area contributed by atoms with Crippen LogP contribution in [0, 0.1) is 10.1 Å². The van der Waals surface area contributed by atoms with Gasteiger partial charge in [0, 0.05) is 46.7 Å². The fraction of sp³-hybridized carbons (Fsp3) is 0.111. The minimum atomic E-state index is -0.384. The van der Waals surface area contributed by atoms with Crippen LogP contribution in [0.1, 0.15) is 12.5 Å². The Kier molecular flexibility index (Phi) is 4.20. The average molecular weight is 323 g/mol. The van der Waals surface area contributed by atoms with Crippen LogP contribution in [0.4, 0.5) is 11.4 Å². The summed E-state index contributed by atoms with van der Waals surface area (Å²) < 4.78 is 5.13. The third kappa shape index (κ3) is 3.08. The molecule has 0 saturated heterocycles. The number of nitro benzene ring substituents is 1. The van der Waals surface area contributed by atoms with Crippen molar-refractivity contribution >= 4 is 27.9 Å². The predicted molar refractivity (Wildman–Crippen MR) is 95.2 cm³/mol. The van der Waals surface area contributed by atoms with Crippen molar-refractivity contribution in [3.63, 3.8) is 0 Å². The van der Waals surface area contributed by atoms with Gasteiger partial charge in [-0.15, -0.1) is 0 Å². The van der Waals surface area contributed by atoms with Crippen molar-refractivity contribution < 1.29 is 9.66 Å². The Balaban J connectivity index is 1.88. The van der Waals surface area contributed by atoms with Crippen LogP contribution in [-0.2, 0) is 0 Å². The Labute approximate surface area is 138 Å². The van der Waals surface area contributed by atoms with Crippen LogP contribution in [0.2, 0.25) is 0 Å². The van der Waals surface area contributed by atoms with Crippen LogP contribution < -0.4 is 10.1 Å². The summed E-state index contributed by atoms with van der Waals surface area (Å²) >= 11 is 0. The summed E-state index contributed by atoms with van der Waals surface area (Å²) in [6.07, 6.45) is 3.74. The number of fused-ring (bicyclic) bond motifs is 1.